The number of fused-ring (bicyclic) bond motifs is 1. The van der Waals surface area contributed by atoms with Crippen molar-refractivity contribution >= 4 is 22.5 Å². The molecule has 0 atom stereocenters. The van der Waals surface area contributed by atoms with Crippen LogP contribution in [-0.4, -0.2) is 66.2 Å². The summed E-state index contributed by atoms with van der Waals surface area (Å²) in [6.45, 7) is 9.31. The van der Waals surface area contributed by atoms with Crippen LogP contribution < -0.4 is 20.5 Å². The number of amides is 1. The molecule has 196 valence electrons. The van der Waals surface area contributed by atoms with Gasteiger partial charge in [0.15, 0.2) is 0 Å². The molecule has 0 aliphatic carbocycles. The van der Waals surface area contributed by atoms with Crippen LogP contribution in [0.4, 0.5) is 5.69 Å². The van der Waals surface area contributed by atoms with Crippen LogP contribution in [0.25, 0.3) is 22.3 Å². The molecular formula is C29H37N5O3. The van der Waals surface area contributed by atoms with Crippen molar-refractivity contribution in [3.8, 4) is 17.1 Å². The monoisotopic (exact) mass is 503 g/mol. The first kappa shape index (κ1) is 25.3. The summed E-state index contributed by atoms with van der Waals surface area (Å²) < 4.78 is 6.86. The zero-order valence-corrected chi connectivity index (χ0v) is 22.1. The number of piperidine rings is 1. The van der Waals surface area contributed by atoms with Crippen molar-refractivity contribution in [1.29, 1.82) is 0 Å². The predicted octanol–water partition coefficient (Wildman–Crippen LogP) is 3.52. The average molecular weight is 504 g/mol. The Bertz CT molecular complexity index is 1320. The minimum absolute atomic E-state index is 0.0206. The van der Waals surface area contributed by atoms with E-state index in [-0.39, 0.29) is 24.1 Å². The largest absolute Gasteiger partial charge is 0.497 e. The molecule has 0 saturated carbocycles. The van der Waals surface area contributed by atoms with E-state index in [1.165, 1.54) is 36.9 Å². The summed E-state index contributed by atoms with van der Waals surface area (Å²) in [5, 5.41) is 3.42. The second-order valence-corrected chi connectivity index (χ2v) is 10.6. The molecule has 0 bridgehead atoms. The third-order valence-electron chi connectivity index (χ3n) is 7.30. The van der Waals surface area contributed by atoms with Crippen LogP contribution in [0.3, 0.4) is 0 Å². The molecule has 1 amide bonds. The summed E-state index contributed by atoms with van der Waals surface area (Å²) in [5.74, 6) is 1.56. The zero-order valence-electron chi connectivity index (χ0n) is 22.1. The van der Waals surface area contributed by atoms with Gasteiger partial charge in [0.1, 0.15) is 18.1 Å². The lowest BCUT2D eigenvalue weighted by molar-refractivity contribution is -0.122. The molecule has 2 aliphatic heterocycles. The van der Waals surface area contributed by atoms with Gasteiger partial charge >= 0.3 is 0 Å². The van der Waals surface area contributed by atoms with E-state index in [0.717, 1.165) is 30.9 Å². The van der Waals surface area contributed by atoms with Crippen molar-refractivity contribution in [3.63, 3.8) is 0 Å². The highest BCUT2D eigenvalue weighted by Gasteiger charge is 2.29. The molecule has 2 aliphatic rings. The Labute approximate surface area is 218 Å². The van der Waals surface area contributed by atoms with Crippen molar-refractivity contribution < 1.29 is 9.53 Å². The number of ether oxygens (including phenoxy) is 1. The van der Waals surface area contributed by atoms with E-state index in [0.29, 0.717) is 28.4 Å². The number of hydrogen-bond acceptors (Lipinski definition) is 6. The molecule has 3 aromatic rings. The minimum Gasteiger partial charge on any atom is -0.497 e. The lowest BCUT2D eigenvalue weighted by Crippen LogP contribution is -2.52. The first-order valence-corrected chi connectivity index (χ1v) is 13.4. The van der Waals surface area contributed by atoms with E-state index < -0.39 is 0 Å². The molecular weight excluding hydrogens is 466 g/mol. The van der Waals surface area contributed by atoms with Crippen molar-refractivity contribution in [1.82, 2.24) is 19.8 Å². The fourth-order valence-electron chi connectivity index (χ4n) is 5.45. The molecule has 0 unspecified atom stereocenters. The van der Waals surface area contributed by atoms with E-state index in [1.54, 1.807) is 7.11 Å². The number of nitrogens with one attached hydrogen (secondary N) is 1. The fourth-order valence-corrected chi connectivity index (χ4v) is 5.45. The summed E-state index contributed by atoms with van der Waals surface area (Å²) in [6.07, 6.45) is 3.98. The first-order valence-electron chi connectivity index (χ1n) is 13.4. The maximum atomic E-state index is 13.8. The molecule has 0 spiro atoms. The Morgan fingerprint density at radius 3 is 2.62 bits per heavy atom. The number of benzene rings is 2. The number of likely N-dealkylation sites (tertiary alicyclic amines) is 1. The standard InChI is InChI=1S/C29H37N5O3/c1-20(2)30-27(35)19-34-28(22-8-7-9-24(14-22)37-3)31-26-11-10-23(15-25(26)29(34)36)33-17-21(18-33)16-32-12-5-4-6-13-32/h7-11,14-15,20-21H,4-6,12-13,16-19H2,1-3H3,(H,30,35). The predicted molar refractivity (Wildman–Crippen MR) is 147 cm³/mol. The quantitative estimate of drug-likeness (QED) is 0.507. The topological polar surface area (TPSA) is 79.7 Å². The maximum absolute atomic E-state index is 13.8. The minimum atomic E-state index is -0.221. The van der Waals surface area contributed by atoms with Gasteiger partial charge < -0.3 is 19.9 Å². The van der Waals surface area contributed by atoms with Crippen molar-refractivity contribution in [2.75, 3.05) is 44.7 Å². The van der Waals surface area contributed by atoms with Gasteiger partial charge in [-0.2, -0.15) is 0 Å². The molecule has 1 aromatic heterocycles. The van der Waals surface area contributed by atoms with Crippen molar-refractivity contribution in [2.45, 2.75) is 45.7 Å². The molecule has 8 nitrogen and oxygen atoms in total. The number of hydrogen-bond donors (Lipinski definition) is 1. The van der Waals surface area contributed by atoms with E-state index in [2.05, 4.69) is 21.2 Å². The molecule has 2 saturated heterocycles. The zero-order chi connectivity index (χ0) is 25.9. The number of anilines is 1. The highest BCUT2D eigenvalue weighted by Crippen LogP contribution is 2.29. The average Bonchev–Trinajstić information content (AvgIpc) is 2.87. The molecule has 5 rings (SSSR count). The van der Waals surface area contributed by atoms with Gasteiger partial charge in [0, 0.05) is 42.8 Å². The number of nitrogens with zero attached hydrogens (tertiary/aromatic N) is 4. The van der Waals surface area contributed by atoms with Crippen LogP contribution in [-0.2, 0) is 11.3 Å². The van der Waals surface area contributed by atoms with Gasteiger partial charge in [-0.25, -0.2) is 4.98 Å². The Balaban J connectivity index is 1.45. The van der Waals surface area contributed by atoms with Crippen LogP contribution in [0, 0.1) is 5.92 Å². The third kappa shape index (κ3) is 5.64. The van der Waals surface area contributed by atoms with Gasteiger partial charge in [-0.05, 0) is 70.1 Å². The molecule has 37 heavy (non-hydrogen) atoms. The normalized spacial score (nSPS) is 16.7. The summed E-state index contributed by atoms with van der Waals surface area (Å²) >= 11 is 0. The van der Waals surface area contributed by atoms with E-state index in [1.807, 2.05) is 50.2 Å². The molecule has 1 N–H and O–H groups in total. The lowest BCUT2D eigenvalue weighted by Gasteiger charge is -2.44. The van der Waals surface area contributed by atoms with Crippen molar-refractivity contribution in [2.24, 2.45) is 5.92 Å². The summed E-state index contributed by atoms with van der Waals surface area (Å²) in [7, 11) is 1.60. The number of carbonyl (C=O) groups excluding carboxylic acids is 1. The third-order valence-corrected chi connectivity index (χ3v) is 7.30. The molecule has 2 fully saturated rings. The van der Waals surface area contributed by atoms with Gasteiger partial charge in [-0.1, -0.05) is 18.6 Å². The first-order chi connectivity index (χ1) is 17.9. The number of methoxy groups -OCH3 is 1. The fraction of sp³-hybridized carbons (Fsp3) is 0.483. The van der Waals surface area contributed by atoms with Crippen LogP contribution in [0.5, 0.6) is 5.75 Å². The van der Waals surface area contributed by atoms with E-state index >= 15 is 0 Å². The summed E-state index contributed by atoms with van der Waals surface area (Å²) in [4.78, 5) is 36.3. The van der Waals surface area contributed by atoms with Crippen LogP contribution in [0.15, 0.2) is 47.3 Å². The van der Waals surface area contributed by atoms with Crippen molar-refractivity contribution in [3.05, 3.63) is 52.8 Å². The SMILES string of the molecule is COc1cccc(-c2nc3ccc(N4CC(CN5CCCCC5)C4)cc3c(=O)n2CC(=O)NC(C)C)c1. The maximum Gasteiger partial charge on any atom is 0.262 e. The van der Waals surface area contributed by atoms with Crippen LogP contribution in [0.2, 0.25) is 0 Å². The van der Waals surface area contributed by atoms with Crippen LogP contribution in [0.1, 0.15) is 33.1 Å². The van der Waals surface area contributed by atoms with E-state index in [4.69, 9.17) is 9.72 Å². The molecule has 3 heterocycles. The number of aromatic nitrogens is 2. The number of carbonyl (C=O) groups is 1. The van der Waals surface area contributed by atoms with Gasteiger partial charge in [0.05, 0.1) is 18.0 Å². The highest BCUT2D eigenvalue weighted by atomic mass is 16.5. The Morgan fingerprint density at radius 1 is 1.11 bits per heavy atom. The Hall–Kier alpha value is -3.39. The number of rotatable bonds is 8. The highest BCUT2D eigenvalue weighted by molar-refractivity contribution is 5.85. The summed E-state index contributed by atoms with van der Waals surface area (Å²) in [5.41, 5.74) is 2.17. The Morgan fingerprint density at radius 2 is 1.89 bits per heavy atom. The molecule has 2 aromatic carbocycles. The second-order valence-electron chi connectivity index (χ2n) is 10.6. The van der Waals surface area contributed by atoms with Crippen LogP contribution >= 0.6 is 0 Å². The second kappa shape index (κ2) is 10.9. The van der Waals surface area contributed by atoms with Gasteiger partial charge in [0.25, 0.3) is 5.56 Å². The van der Waals surface area contributed by atoms with Gasteiger partial charge in [0.2, 0.25) is 5.91 Å². The van der Waals surface area contributed by atoms with Gasteiger partial charge in [-0.3, -0.25) is 14.2 Å². The Kier molecular flexibility index (Phi) is 7.46. The van der Waals surface area contributed by atoms with Gasteiger partial charge in [-0.15, -0.1) is 0 Å². The summed E-state index contributed by atoms with van der Waals surface area (Å²) in [6, 6.07) is 13.3. The smallest absolute Gasteiger partial charge is 0.262 e. The molecule has 0 radical (unpaired) electrons. The van der Waals surface area contributed by atoms with E-state index in [9.17, 15) is 9.59 Å². The lowest BCUT2D eigenvalue weighted by atomic mass is 9.97. The molecule has 8 heteroatoms.